The van der Waals surface area contributed by atoms with Crippen LogP contribution in [0.4, 0.5) is 4.79 Å². The van der Waals surface area contributed by atoms with Crippen molar-refractivity contribution in [2.45, 2.75) is 64.5 Å². The second-order valence-corrected chi connectivity index (χ2v) is 8.21. The number of halogens is 1. The van der Waals surface area contributed by atoms with Crippen molar-refractivity contribution in [3.05, 3.63) is 34.3 Å². The summed E-state index contributed by atoms with van der Waals surface area (Å²) < 4.78 is 10.2. The first kappa shape index (κ1) is 20.6. The number of aryl methyl sites for hydroxylation is 1. The summed E-state index contributed by atoms with van der Waals surface area (Å²) in [5.74, 6) is -0.00137. The molecule has 1 fully saturated rings. The second-order valence-electron chi connectivity index (χ2n) is 7.78. The molecule has 0 radical (unpaired) electrons. The van der Waals surface area contributed by atoms with Gasteiger partial charge in [-0.1, -0.05) is 18.0 Å². The standard InChI is InChI=1S/C20H28ClNO4/c1-20(2,3)26-19(24)22-17-7-5-6-13(17)8-9-14-12-15(21)10-11-16(14)18(23)25-4/h10-13,17H,5-9H2,1-4H3,(H,22,24)/t13-,17+/m0/s1. The molecule has 1 aromatic carbocycles. The van der Waals surface area contributed by atoms with E-state index >= 15 is 0 Å². The zero-order valence-corrected chi connectivity index (χ0v) is 16.7. The van der Waals surface area contributed by atoms with Crippen LogP contribution in [0.1, 0.15) is 62.4 Å². The van der Waals surface area contributed by atoms with E-state index in [0.717, 1.165) is 31.2 Å². The predicted molar refractivity (Wildman–Crippen MR) is 102 cm³/mol. The Bertz CT molecular complexity index is 654. The maximum Gasteiger partial charge on any atom is 0.407 e. The van der Waals surface area contributed by atoms with Crippen LogP contribution in [0.15, 0.2) is 18.2 Å². The third-order valence-corrected chi connectivity index (χ3v) is 4.85. The number of rotatable bonds is 5. The summed E-state index contributed by atoms with van der Waals surface area (Å²) in [6, 6.07) is 5.32. The minimum Gasteiger partial charge on any atom is -0.465 e. The zero-order chi connectivity index (χ0) is 19.3. The van der Waals surface area contributed by atoms with Crippen LogP contribution >= 0.6 is 11.6 Å². The van der Waals surface area contributed by atoms with Crippen molar-refractivity contribution in [1.82, 2.24) is 5.32 Å². The number of nitrogens with one attached hydrogen (secondary N) is 1. The van der Waals surface area contributed by atoms with Gasteiger partial charge in [-0.05, 0) is 76.1 Å². The fourth-order valence-electron chi connectivity index (χ4n) is 3.45. The second kappa shape index (κ2) is 8.76. The molecule has 26 heavy (non-hydrogen) atoms. The van der Waals surface area contributed by atoms with E-state index in [-0.39, 0.29) is 18.1 Å². The van der Waals surface area contributed by atoms with Gasteiger partial charge in [0.1, 0.15) is 5.60 Å². The average Bonchev–Trinajstić information content (AvgIpc) is 2.97. The van der Waals surface area contributed by atoms with Crippen molar-refractivity contribution < 1.29 is 19.1 Å². The molecule has 5 nitrogen and oxygen atoms in total. The maximum atomic E-state index is 12.0. The SMILES string of the molecule is COC(=O)c1ccc(Cl)cc1CC[C@@H]1CCC[C@H]1NC(=O)OC(C)(C)C. The summed E-state index contributed by atoms with van der Waals surface area (Å²) >= 11 is 6.09. The third kappa shape index (κ3) is 5.90. The highest BCUT2D eigenvalue weighted by atomic mass is 35.5. The largest absolute Gasteiger partial charge is 0.465 e. The smallest absolute Gasteiger partial charge is 0.407 e. The Morgan fingerprint density at radius 2 is 2.00 bits per heavy atom. The normalized spacial score (nSPS) is 19.9. The molecule has 1 saturated carbocycles. The number of ether oxygens (including phenoxy) is 2. The van der Waals surface area contributed by atoms with Crippen molar-refractivity contribution in [1.29, 1.82) is 0 Å². The van der Waals surface area contributed by atoms with Gasteiger partial charge in [-0.2, -0.15) is 0 Å². The summed E-state index contributed by atoms with van der Waals surface area (Å²) in [5, 5.41) is 3.60. The number of carbonyl (C=O) groups excluding carboxylic acids is 2. The molecule has 2 rings (SSSR count). The Balaban J connectivity index is 1.99. The molecule has 0 bridgehead atoms. The number of hydrogen-bond acceptors (Lipinski definition) is 4. The Labute approximate surface area is 160 Å². The fraction of sp³-hybridized carbons (Fsp3) is 0.600. The van der Waals surface area contributed by atoms with Crippen LogP contribution in [0.3, 0.4) is 0 Å². The highest BCUT2D eigenvalue weighted by molar-refractivity contribution is 6.30. The van der Waals surface area contributed by atoms with Gasteiger partial charge < -0.3 is 14.8 Å². The number of hydrogen-bond donors (Lipinski definition) is 1. The van der Waals surface area contributed by atoms with Crippen LogP contribution in [0, 0.1) is 5.92 Å². The minimum atomic E-state index is -0.506. The van der Waals surface area contributed by atoms with Gasteiger partial charge in [0.2, 0.25) is 0 Å². The van der Waals surface area contributed by atoms with E-state index in [1.807, 2.05) is 26.8 Å². The maximum absolute atomic E-state index is 12.0. The van der Waals surface area contributed by atoms with Crippen LogP contribution in [0.25, 0.3) is 0 Å². The number of carbonyl (C=O) groups is 2. The Morgan fingerprint density at radius 1 is 1.27 bits per heavy atom. The van der Waals surface area contributed by atoms with Gasteiger partial charge in [-0.25, -0.2) is 9.59 Å². The van der Waals surface area contributed by atoms with E-state index in [2.05, 4.69) is 5.32 Å². The van der Waals surface area contributed by atoms with E-state index in [4.69, 9.17) is 21.1 Å². The molecule has 1 aliphatic carbocycles. The first-order valence-electron chi connectivity index (χ1n) is 9.06. The first-order chi connectivity index (χ1) is 12.2. The molecule has 144 valence electrons. The zero-order valence-electron chi connectivity index (χ0n) is 15.9. The van der Waals surface area contributed by atoms with E-state index < -0.39 is 5.60 Å². The number of alkyl carbamates (subject to hydrolysis) is 1. The molecule has 0 saturated heterocycles. The van der Waals surface area contributed by atoms with Crippen LogP contribution in [-0.4, -0.2) is 30.8 Å². The summed E-state index contributed by atoms with van der Waals surface area (Å²) in [6.07, 6.45) is 4.28. The summed E-state index contributed by atoms with van der Waals surface area (Å²) in [4.78, 5) is 24.0. The Morgan fingerprint density at radius 3 is 2.65 bits per heavy atom. The molecule has 1 amide bonds. The van der Waals surface area contributed by atoms with Gasteiger partial charge >= 0.3 is 12.1 Å². The number of methoxy groups -OCH3 is 1. The van der Waals surface area contributed by atoms with Crippen molar-refractivity contribution in [2.24, 2.45) is 5.92 Å². The van der Waals surface area contributed by atoms with Crippen LogP contribution in [0.2, 0.25) is 5.02 Å². The lowest BCUT2D eigenvalue weighted by atomic mass is 9.93. The predicted octanol–water partition coefficient (Wildman–Crippen LogP) is 4.75. The molecule has 0 unspecified atom stereocenters. The van der Waals surface area contributed by atoms with E-state index in [9.17, 15) is 9.59 Å². The first-order valence-corrected chi connectivity index (χ1v) is 9.43. The van der Waals surface area contributed by atoms with Crippen molar-refractivity contribution in [3.63, 3.8) is 0 Å². The van der Waals surface area contributed by atoms with E-state index in [1.165, 1.54) is 7.11 Å². The lowest BCUT2D eigenvalue weighted by molar-refractivity contribution is 0.0491. The van der Waals surface area contributed by atoms with Crippen LogP contribution in [0.5, 0.6) is 0 Å². The fourth-order valence-corrected chi connectivity index (χ4v) is 3.65. The molecule has 1 aliphatic rings. The molecule has 2 atom stereocenters. The van der Waals surface area contributed by atoms with Gasteiger partial charge in [0.25, 0.3) is 0 Å². The molecule has 0 heterocycles. The highest BCUT2D eigenvalue weighted by Crippen LogP contribution is 2.31. The van der Waals surface area contributed by atoms with Crippen molar-refractivity contribution >= 4 is 23.7 Å². The number of benzene rings is 1. The molecule has 0 aliphatic heterocycles. The van der Waals surface area contributed by atoms with Crippen LogP contribution < -0.4 is 5.32 Å². The molecular weight excluding hydrogens is 354 g/mol. The Kier molecular flexibility index (Phi) is 6.93. The van der Waals surface area contributed by atoms with Crippen LogP contribution in [-0.2, 0) is 15.9 Å². The van der Waals surface area contributed by atoms with E-state index in [0.29, 0.717) is 22.9 Å². The third-order valence-electron chi connectivity index (χ3n) is 4.62. The van der Waals surface area contributed by atoms with Gasteiger partial charge in [0.15, 0.2) is 0 Å². The molecule has 1 aromatic rings. The Hall–Kier alpha value is -1.75. The quantitative estimate of drug-likeness (QED) is 0.747. The molecule has 1 N–H and O–H groups in total. The minimum absolute atomic E-state index is 0.102. The van der Waals surface area contributed by atoms with Gasteiger partial charge in [-0.15, -0.1) is 0 Å². The topological polar surface area (TPSA) is 64.6 Å². The molecule has 6 heteroatoms. The summed E-state index contributed by atoms with van der Waals surface area (Å²) in [6.45, 7) is 5.56. The van der Waals surface area contributed by atoms with Crippen molar-refractivity contribution in [3.8, 4) is 0 Å². The number of esters is 1. The number of amides is 1. The average molecular weight is 382 g/mol. The summed E-state index contributed by atoms with van der Waals surface area (Å²) in [7, 11) is 1.37. The highest BCUT2D eigenvalue weighted by Gasteiger charge is 2.30. The lowest BCUT2D eigenvalue weighted by Gasteiger charge is -2.25. The molecule has 0 spiro atoms. The van der Waals surface area contributed by atoms with E-state index in [1.54, 1.807) is 12.1 Å². The monoisotopic (exact) mass is 381 g/mol. The van der Waals surface area contributed by atoms with Crippen molar-refractivity contribution in [2.75, 3.05) is 7.11 Å². The van der Waals surface area contributed by atoms with Gasteiger partial charge in [0, 0.05) is 11.1 Å². The summed E-state index contributed by atoms with van der Waals surface area (Å²) in [5.41, 5.74) is 0.924. The molecular formula is C20H28ClNO4. The lowest BCUT2D eigenvalue weighted by Crippen LogP contribution is -2.41. The van der Waals surface area contributed by atoms with Gasteiger partial charge in [-0.3, -0.25) is 0 Å². The molecule has 0 aromatic heterocycles. The van der Waals surface area contributed by atoms with Gasteiger partial charge in [0.05, 0.1) is 12.7 Å².